The second-order valence-electron chi connectivity index (χ2n) is 8.83. The van der Waals surface area contributed by atoms with E-state index < -0.39 is 0 Å². The number of methoxy groups -OCH3 is 1. The van der Waals surface area contributed by atoms with Crippen LogP contribution in [-0.2, 0) is 16.6 Å². The van der Waals surface area contributed by atoms with Crippen LogP contribution in [0.2, 0.25) is 0 Å². The number of piperidine rings is 2. The van der Waals surface area contributed by atoms with E-state index in [1.807, 2.05) is 24.3 Å². The summed E-state index contributed by atoms with van der Waals surface area (Å²) in [4.78, 5) is 18.3. The van der Waals surface area contributed by atoms with E-state index in [9.17, 15) is 4.79 Å². The molecule has 4 bridgehead atoms. The number of carbonyl (C=O) groups is 1. The highest BCUT2D eigenvalue weighted by molar-refractivity contribution is 5.79. The van der Waals surface area contributed by atoms with Crippen LogP contribution in [0.5, 0.6) is 5.75 Å². The highest BCUT2D eigenvalue weighted by Crippen LogP contribution is 2.43. The summed E-state index contributed by atoms with van der Waals surface area (Å²) in [6, 6.07) is 18.8. The molecule has 29 heavy (non-hydrogen) atoms. The topological polar surface area (TPSA) is 44.8 Å². The average Bonchev–Trinajstić information content (AvgIpc) is 2.99. The maximum absolute atomic E-state index is 13.1. The smallest absolute Gasteiger partial charge is 0.224 e. The standard InChI is InChI=1S/C24H29N3O2/c1-29-21-9-5-6-18(12-21)13-22(28)25-23-19-14-26-10-11-27(15-19)17-24(23,16-26)20-7-3-2-4-8-20/h2-9,12,19,23H,10-11,13-17H2,1H3,(H,25,28)/t19?,23-,24?/m0/s1. The molecule has 2 aromatic carbocycles. The Balaban J connectivity index is 1.42. The number of amides is 1. The average molecular weight is 392 g/mol. The minimum atomic E-state index is -0.0387. The first-order valence-electron chi connectivity index (χ1n) is 10.6. The molecule has 2 aromatic rings. The maximum atomic E-state index is 13.1. The summed E-state index contributed by atoms with van der Waals surface area (Å²) < 4.78 is 5.31. The van der Waals surface area contributed by atoms with Crippen molar-refractivity contribution < 1.29 is 9.53 Å². The molecule has 1 amide bonds. The van der Waals surface area contributed by atoms with Crippen molar-refractivity contribution in [3.05, 3.63) is 65.7 Å². The lowest BCUT2D eigenvalue weighted by molar-refractivity contribution is -0.123. The number of carbonyl (C=O) groups excluding carboxylic acids is 1. The third-order valence-corrected chi connectivity index (χ3v) is 6.96. The van der Waals surface area contributed by atoms with E-state index in [4.69, 9.17) is 4.74 Å². The Hall–Kier alpha value is -2.37. The van der Waals surface area contributed by atoms with Crippen LogP contribution in [0.25, 0.3) is 0 Å². The monoisotopic (exact) mass is 391 g/mol. The van der Waals surface area contributed by atoms with Gasteiger partial charge in [-0.2, -0.15) is 0 Å². The Morgan fingerprint density at radius 1 is 1.07 bits per heavy atom. The van der Waals surface area contributed by atoms with Gasteiger partial charge >= 0.3 is 0 Å². The fourth-order valence-electron chi connectivity index (χ4n) is 5.76. The summed E-state index contributed by atoms with van der Waals surface area (Å²) in [5.41, 5.74) is 2.31. The number of rotatable bonds is 5. The minimum absolute atomic E-state index is 0.0387. The summed E-state index contributed by atoms with van der Waals surface area (Å²) in [5.74, 6) is 1.37. The molecule has 3 atom stereocenters. The van der Waals surface area contributed by atoms with Crippen LogP contribution in [0.1, 0.15) is 11.1 Å². The zero-order valence-electron chi connectivity index (χ0n) is 17.0. The van der Waals surface area contributed by atoms with Gasteiger partial charge in [-0.1, -0.05) is 42.5 Å². The number of hydrogen-bond acceptors (Lipinski definition) is 4. The molecule has 4 saturated heterocycles. The fraction of sp³-hybridized carbons (Fsp3) is 0.458. The van der Waals surface area contributed by atoms with Crippen molar-refractivity contribution in [2.24, 2.45) is 5.92 Å². The second kappa shape index (κ2) is 7.47. The Morgan fingerprint density at radius 2 is 1.79 bits per heavy atom. The van der Waals surface area contributed by atoms with Crippen LogP contribution in [-0.4, -0.2) is 68.1 Å². The van der Waals surface area contributed by atoms with Gasteiger partial charge < -0.3 is 19.9 Å². The van der Waals surface area contributed by atoms with E-state index in [1.165, 1.54) is 5.56 Å². The SMILES string of the molecule is COc1cccc(CC(=O)N[C@H]2C3CN4CCN(C3)CC2(c2ccccc2)C4)c1. The van der Waals surface area contributed by atoms with Crippen molar-refractivity contribution in [3.63, 3.8) is 0 Å². The normalized spacial score (nSPS) is 32.6. The zero-order chi connectivity index (χ0) is 19.8. The summed E-state index contributed by atoms with van der Waals surface area (Å²) in [6.45, 7) is 6.47. The molecule has 5 nitrogen and oxygen atoms in total. The largest absolute Gasteiger partial charge is 0.497 e. The first-order chi connectivity index (χ1) is 14.2. The number of hydrogen-bond donors (Lipinski definition) is 1. The molecule has 4 aliphatic heterocycles. The van der Waals surface area contributed by atoms with Gasteiger partial charge in [0, 0.05) is 56.6 Å². The lowest BCUT2D eigenvalue weighted by Crippen LogP contribution is -2.70. The van der Waals surface area contributed by atoms with Crippen LogP contribution in [0.3, 0.4) is 0 Å². The van der Waals surface area contributed by atoms with Crippen molar-refractivity contribution in [1.29, 1.82) is 0 Å². The van der Waals surface area contributed by atoms with E-state index in [2.05, 4.69) is 45.4 Å². The molecule has 0 spiro atoms. The van der Waals surface area contributed by atoms with E-state index in [0.717, 1.165) is 50.6 Å². The molecule has 152 valence electrons. The molecule has 0 radical (unpaired) electrons. The predicted molar refractivity (Wildman–Crippen MR) is 113 cm³/mol. The predicted octanol–water partition coefficient (Wildman–Crippen LogP) is 1.92. The summed E-state index contributed by atoms with van der Waals surface area (Å²) >= 11 is 0. The van der Waals surface area contributed by atoms with Crippen molar-refractivity contribution in [1.82, 2.24) is 15.1 Å². The molecule has 2 unspecified atom stereocenters. The van der Waals surface area contributed by atoms with E-state index >= 15 is 0 Å². The van der Waals surface area contributed by atoms with Gasteiger partial charge in [0.05, 0.1) is 13.5 Å². The third kappa shape index (κ3) is 3.43. The third-order valence-electron chi connectivity index (χ3n) is 6.96. The summed E-state index contributed by atoms with van der Waals surface area (Å²) in [7, 11) is 1.66. The molecule has 6 rings (SSSR count). The van der Waals surface area contributed by atoms with Crippen LogP contribution in [0.4, 0.5) is 0 Å². The number of nitrogens with one attached hydrogen (secondary N) is 1. The minimum Gasteiger partial charge on any atom is -0.497 e. The Kier molecular flexibility index (Phi) is 4.80. The van der Waals surface area contributed by atoms with Gasteiger partial charge in [0.25, 0.3) is 0 Å². The molecule has 1 N–H and O–H groups in total. The number of nitrogens with zero attached hydrogens (tertiary/aromatic N) is 2. The van der Waals surface area contributed by atoms with Crippen LogP contribution in [0.15, 0.2) is 54.6 Å². The van der Waals surface area contributed by atoms with Crippen LogP contribution in [0, 0.1) is 5.92 Å². The lowest BCUT2D eigenvalue weighted by atomic mass is 9.64. The molecule has 0 saturated carbocycles. The molecular formula is C24H29N3O2. The van der Waals surface area contributed by atoms with Crippen LogP contribution >= 0.6 is 0 Å². The highest BCUT2D eigenvalue weighted by atomic mass is 16.5. The van der Waals surface area contributed by atoms with E-state index in [-0.39, 0.29) is 17.4 Å². The Morgan fingerprint density at radius 3 is 2.48 bits per heavy atom. The summed E-state index contributed by atoms with van der Waals surface area (Å²) in [6.07, 6.45) is 0.388. The number of benzene rings is 2. The van der Waals surface area contributed by atoms with Gasteiger partial charge in [-0.3, -0.25) is 4.79 Å². The van der Waals surface area contributed by atoms with Gasteiger partial charge in [-0.05, 0) is 23.3 Å². The molecule has 5 heteroatoms. The van der Waals surface area contributed by atoms with Crippen molar-refractivity contribution >= 4 is 5.91 Å². The van der Waals surface area contributed by atoms with Crippen molar-refractivity contribution in [3.8, 4) is 5.75 Å². The molecule has 4 aliphatic rings. The van der Waals surface area contributed by atoms with Gasteiger partial charge in [0.2, 0.25) is 5.91 Å². The van der Waals surface area contributed by atoms with Crippen molar-refractivity contribution in [2.45, 2.75) is 17.9 Å². The highest BCUT2D eigenvalue weighted by Gasteiger charge is 2.55. The van der Waals surface area contributed by atoms with Crippen molar-refractivity contribution in [2.75, 3.05) is 46.4 Å². The van der Waals surface area contributed by atoms with E-state index in [0.29, 0.717) is 12.3 Å². The van der Waals surface area contributed by atoms with Crippen LogP contribution < -0.4 is 10.1 Å². The quantitative estimate of drug-likeness (QED) is 0.846. The number of fused-ring (bicyclic) bond motifs is 1. The Bertz CT molecular complexity index is 869. The molecule has 0 aliphatic carbocycles. The molecular weight excluding hydrogens is 362 g/mol. The van der Waals surface area contributed by atoms with Gasteiger partial charge in [-0.15, -0.1) is 0 Å². The fourth-order valence-corrected chi connectivity index (χ4v) is 5.76. The van der Waals surface area contributed by atoms with Gasteiger partial charge in [0.1, 0.15) is 5.75 Å². The van der Waals surface area contributed by atoms with Gasteiger partial charge in [0.15, 0.2) is 0 Å². The zero-order valence-corrected chi connectivity index (χ0v) is 17.0. The Labute approximate surface area is 172 Å². The molecule has 0 aromatic heterocycles. The maximum Gasteiger partial charge on any atom is 0.224 e. The first-order valence-corrected chi connectivity index (χ1v) is 10.6. The summed E-state index contributed by atoms with van der Waals surface area (Å²) in [5, 5.41) is 3.48. The first kappa shape index (κ1) is 18.6. The second-order valence-corrected chi connectivity index (χ2v) is 8.83. The van der Waals surface area contributed by atoms with E-state index in [1.54, 1.807) is 7.11 Å². The lowest BCUT2D eigenvalue weighted by Gasteiger charge is -2.55. The number of ether oxygens (including phenoxy) is 1. The molecule has 4 fully saturated rings. The van der Waals surface area contributed by atoms with Gasteiger partial charge in [-0.25, -0.2) is 0 Å². The molecule has 4 heterocycles.